The summed E-state index contributed by atoms with van der Waals surface area (Å²) < 4.78 is 1.58. The maximum atomic E-state index is 12.8. The van der Waals surface area contributed by atoms with Crippen molar-refractivity contribution in [1.29, 1.82) is 0 Å². The van der Waals surface area contributed by atoms with Crippen LogP contribution in [0.1, 0.15) is 40.7 Å². The second-order valence-corrected chi connectivity index (χ2v) is 6.36. The van der Waals surface area contributed by atoms with Crippen molar-refractivity contribution in [2.45, 2.75) is 19.8 Å². The molecule has 0 spiro atoms. The quantitative estimate of drug-likeness (QED) is 0.309. The summed E-state index contributed by atoms with van der Waals surface area (Å²) in [4.78, 5) is 43.8. The molecule has 0 radical (unpaired) electrons. The lowest BCUT2D eigenvalue weighted by Gasteiger charge is -2.03. The van der Waals surface area contributed by atoms with Crippen LogP contribution in [0.5, 0.6) is 0 Å². The van der Waals surface area contributed by atoms with Gasteiger partial charge < -0.3 is 16.2 Å². The first kappa shape index (κ1) is 20.5. The molecule has 2 heterocycles. The van der Waals surface area contributed by atoms with Gasteiger partial charge in [-0.15, -0.1) is 0 Å². The van der Waals surface area contributed by atoms with Crippen molar-refractivity contribution in [3.63, 3.8) is 0 Å². The molecule has 9 nitrogen and oxygen atoms in total. The number of anilines is 1. The zero-order valence-corrected chi connectivity index (χ0v) is 16.2. The van der Waals surface area contributed by atoms with Gasteiger partial charge in [0.25, 0.3) is 5.91 Å². The molecule has 30 heavy (non-hydrogen) atoms. The molecule has 0 unspecified atom stereocenters. The largest absolute Gasteiger partial charge is 0.478 e. The normalized spacial score (nSPS) is 10.3. The number of carboxylic acid groups (broad SMARTS) is 1. The first-order valence-corrected chi connectivity index (χ1v) is 9.12. The number of nitrogens with two attached hydrogens (primary N) is 1. The number of aromatic nitrogens is 3. The number of carbonyl (C=O) groups excluding carboxylic acids is 2. The molecule has 152 valence electrons. The Balaban J connectivity index is 1.88. The van der Waals surface area contributed by atoms with E-state index in [4.69, 9.17) is 10.8 Å². The number of nitrogens with one attached hydrogen (secondary N) is 1. The Morgan fingerprint density at radius 3 is 2.63 bits per heavy atom. The van der Waals surface area contributed by atoms with E-state index in [1.54, 1.807) is 29.7 Å². The number of carboxylic acids is 1. The topological polar surface area (TPSA) is 140 Å². The van der Waals surface area contributed by atoms with Gasteiger partial charge >= 0.3 is 5.97 Å². The summed E-state index contributed by atoms with van der Waals surface area (Å²) in [6, 6.07) is 6.13. The third kappa shape index (κ3) is 4.28. The Kier molecular flexibility index (Phi) is 6.08. The Morgan fingerprint density at radius 2 is 1.97 bits per heavy atom. The highest BCUT2D eigenvalue weighted by Gasteiger charge is 2.20. The van der Waals surface area contributed by atoms with Crippen molar-refractivity contribution in [3.05, 3.63) is 48.0 Å². The van der Waals surface area contributed by atoms with Crippen molar-refractivity contribution in [1.82, 2.24) is 19.7 Å². The Morgan fingerprint density at radius 1 is 1.23 bits per heavy atom. The zero-order chi connectivity index (χ0) is 21.7. The van der Waals surface area contributed by atoms with E-state index < -0.39 is 5.97 Å². The zero-order valence-electron chi connectivity index (χ0n) is 16.2. The lowest BCUT2D eigenvalue weighted by Crippen LogP contribution is -2.23. The Bertz CT molecular complexity index is 1190. The number of fused-ring (bicyclic) bond motifs is 1. The minimum atomic E-state index is -1.04. The van der Waals surface area contributed by atoms with Gasteiger partial charge in [-0.25, -0.2) is 14.8 Å². The summed E-state index contributed by atoms with van der Waals surface area (Å²) in [5.41, 5.74) is 7.69. The Hall–Kier alpha value is -4.19. The molecule has 1 aromatic carbocycles. The highest BCUT2D eigenvalue weighted by atomic mass is 16.4. The average molecular weight is 405 g/mol. The minimum absolute atomic E-state index is 0.138. The predicted octanol–water partition coefficient (Wildman–Crippen LogP) is 1.78. The number of hydrogen-bond donors (Lipinski definition) is 3. The SMILES string of the molecule is CC#CC(=O)NCCCC(=O)c1nc(-c2ccc(C(=O)O)cc2)c2c(N)nccn12. The predicted molar refractivity (Wildman–Crippen MR) is 110 cm³/mol. The van der Waals surface area contributed by atoms with Crippen LogP contribution in [0.25, 0.3) is 16.8 Å². The van der Waals surface area contributed by atoms with E-state index in [9.17, 15) is 14.4 Å². The molecule has 9 heteroatoms. The standard InChI is InChI=1S/C21H19N5O4/c1-2-4-16(28)23-10-3-5-15(27)20-25-17(18-19(22)24-11-12-26(18)20)13-6-8-14(9-7-13)21(29)30/h6-9,11-12H,3,5,10H2,1H3,(H2,22,24)(H,23,28)(H,29,30). The monoisotopic (exact) mass is 405 g/mol. The summed E-state index contributed by atoms with van der Waals surface area (Å²) in [6.07, 6.45) is 3.66. The fraction of sp³-hybridized carbons (Fsp3) is 0.190. The molecule has 3 aromatic rings. The van der Waals surface area contributed by atoms with Crippen LogP contribution in [0.15, 0.2) is 36.7 Å². The highest BCUT2D eigenvalue weighted by Crippen LogP contribution is 2.28. The van der Waals surface area contributed by atoms with E-state index in [0.29, 0.717) is 29.7 Å². The van der Waals surface area contributed by atoms with Gasteiger partial charge in [0.05, 0.1) is 5.56 Å². The molecule has 0 bridgehead atoms. The summed E-state index contributed by atoms with van der Waals surface area (Å²) >= 11 is 0. The van der Waals surface area contributed by atoms with Crippen LogP contribution >= 0.6 is 0 Å². The van der Waals surface area contributed by atoms with Gasteiger partial charge in [0.15, 0.2) is 11.6 Å². The van der Waals surface area contributed by atoms with Crippen molar-refractivity contribution < 1.29 is 19.5 Å². The molecule has 3 rings (SSSR count). The first-order chi connectivity index (χ1) is 14.4. The van der Waals surface area contributed by atoms with Crippen molar-refractivity contribution in [3.8, 4) is 23.1 Å². The van der Waals surface area contributed by atoms with Crippen LogP contribution in [0, 0.1) is 11.8 Å². The van der Waals surface area contributed by atoms with Crippen LogP contribution in [-0.2, 0) is 4.79 Å². The number of ketones is 1. The van der Waals surface area contributed by atoms with Crippen LogP contribution in [0.3, 0.4) is 0 Å². The molecule has 4 N–H and O–H groups in total. The van der Waals surface area contributed by atoms with E-state index in [1.165, 1.54) is 18.3 Å². The molecule has 2 aromatic heterocycles. The number of nitrogens with zero attached hydrogens (tertiary/aromatic N) is 3. The maximum Gasteiger partial charge on any atom is 0.335 e. The van der Waals surface area contributed by atoms with E-state index in [0.717, 1.165) is 0 Å². The van der Waals surface area contributed by atoms with Crippen molar-refractivity contribution >= 4 is 29.0 Å². The van der Waals surface area contributed by atoms with E-state index in [-0.39, 0.29) is 35.3 Å². The lowest BCUT2D eigenvalue weighted by molar-refractivity contribution is -0.115. The van der Waals surface area contributed by atoms with Gasteiger partial charge in [-0.1, -0.05) is 18.1 Å². The number of hydrogen-bond acceptors (Lipinski definition) is 6. The van der Waals surface area contributed by atoms with E-state index in [1.807, 2.05) is 0 Å². The number of benzene rings is 1. The number of aromatic carboxylic acids is 1. The first-order valence-electron chi connectivity index (χ1n) is 9.12. The highest BCUT2D eigenvalue weighted by molar-refractivity contribution is 5.98. The molecular weight excluding hydrogens is 386 g/mol. The number of imidazole rings is 1. The fourth-order valence-electron chi connectivity index (χ4n) is 2.95. The second kappa shape index (κ2) is 8.87. The molecule has 0 saturated heterocycles. The molecule has 0 atom stereocenters. The number of Topliss-reactive ketones (excluding diaryl/α,β-unsaturated/α-hetero) is 1. The third-order valence-electron chi connectivity index (χ3n) is 4.34. The maximum absolute atomic E-state index is 12.8. The summed E-state index contributed by atoms with van der Waals surface area (Å²) in [5, 5.41) is 11.7. The third-order valence-corrected chi connectivity index (χ3v) is 4.34. The summed E-state index contributed by atoms with van der Waals surface area (Å²) in [7, 11) is 0. The fourth-order valence-corrected chi connectivity index (χ4v) is 2.95. The molecule has 0 saturated carbocycles. The number of nitrogen functional groups attached to an aromatic ring is 1. The van der Waals surface area contributed by atoms with Gasteiger partial charge in [-0.05, 0) is 31.4 Å². The minimum Gasteiger partial charge on any atom is -0.478 e. The van der Waals surface area contributed by atoms with E-state index >= 15 is 0 Å². The van der Waals surface area contributed by atoms with Crippen LogP contribution < -0.4 is 11.1 Å². The van der Waals surface area contributed by atoms with Crippen molar-refractivity contribution in [2.24, 2.45) is 0 Å². The lowest BCUT2D eigenvalue weighted by atomic mass is 10.1. The summed E-state index contributed by atoms with van der Waals surface area (Å²) in [6.45, 7) is 1.88. The molecule has 0 aliphatic carbocycles. The van der Waals surface area contributed by atoms with Gasteiger partial charge in [0, 0.05) is 30.9 Å². The van der Waals surface area contributed by atoms with Gasteiger partial charge in [-0.3, -0.25) is 14.0 Å². The van der Waals surface area contributed by atoms with Crippen LogP contribution in [-0.4, -0.2) is 43.7 Å². The average Bonchev–Trinajstić information content (AvgIpc) is 3.12. The smallest absolute Gasteiger partial charge is 0.335 e. The summed E-state index contributed by atoms with van der Waals surface area (Å²) in [5.74, 6) is 3.62. The number of amides is 1. The van der Waals surface area contributed by atoms with Gasteiger partial charge in [0.1, 0.15) is 17.0 Å². The van der Waals surface area contributed by atoms with E-state index in [2.05, 4.69) is 27.1 Å². The molecular formula is C21H19N5O4. The Labute approximate surface area is 171 Å². The van der Waals surface area contributed by atoms with Gasteiger partial charge in [-0.2, -0.15) is 0 Å². The number of carbonyl (C=O) groups is 3. The molecule has 0 aliphatic rings. The van der Waals surface area contributed by atoms with Crippen LogP contribution in [0.2, 0.25) is 0 Å². The van der Waals surface area contributed by atoms with Crippen LogP contribution in [0.4, 0.5) is 5.82 Å². The number of rotatable bonds is 7. The molecule has 0 fully saturated rings. The molecule has 1 amide bonds. The second-order valence-electron chi connectivity index (χ2n) is 6.36. The molecule has 0 aliphatic heterocycles. The van der Waals surface area contributed by atoms with Crippen molar-refractivity contribution in [2.75, 3.05) is 12.3 Å². The van der Waals surface area contributed by atoms with Gasteiger partial charge in [0.2, 0.25) is 0 Å².